The standard InChI is InChI=1S/C16H16Cl2/c1-10-4-7-14(12(3)8-10)16(18)15-9-13(17)6-5-11(15)2/h4-9,16H,1-3H3. The Kier molecular flexibility index (Phi) is 3.99. The normalized spacial score (nSPS) is 12.5. The van der Waals surface area contributed by atoms with Crippen LogP contribution in [0.5, 0.6) is 0 Å². The molecule has 94 valence electrons. The van der Waals surface area contributed by atoms with Crippen LogP contribution in [0.2, 0.25) is 5.02 Å². The minimum absolute atomic E-state index is 0.149. The highest BCUT2D eigenvalue weighted by Crippen LogP contribution is 2.34. The molecule has 0 aromatic heterocycles. The van der Waals surface area contributed by atoms with Crippen LogP contribution in [0.1, 0.15) is 33.2 Å². The lowest BCUT2D eigenvalue weighted by molar-refractivity contribution is 1.08. The van der Waals surface area contributed by atoms with Gasteiger partial charge in [-0.25, -0.2) is 0 Å². The first-order chi connectivity index (χ1) is 8.49. The molecule has 0 N–H and O–H groups in total. The van der Waals surface area contributed by atoms with E-state index in [1.54, 1.807) is 0 Å². The lowest BCUT2D eigenvalue weighted by Gasteiger charge is -2.16. The summed E-state index contributed by atoms with van der Waals surface area (Å²) >= 11 is 12.7. The highest BCUT2D eigenvalue weighted by molar-refractivity contribution is 6.31. The average Bonchev–Trinajstić information content (AvgIpc) is 2.31. The molecule has 0 bridgehead atoms. The van der Waals surface area contributed by atoms with Crippen molar-refractivity contribution in [1.82, 2.24) is 0 Å². The summed E-state index contributed by atoms with van der Waals surface area (Å²) in [6, 6.07) is 12.2. The van der Waals surface area contributed by atoms with E-state index in [1.807, 2.05) is 18.2 Å². The summed E-state index contributed by atoms with van der Waals surface area (Å²) in [7, 11) is 0. The molecule has 0 aliphatic heterocycles. The predicted octanol–water partition coefficient (Wildman–Crippen LogP) is 5.59. The molecule has 18 heavy (non-hydrogen) atoms. The van der Waals surface area contributed by atoms with Gasteiger partial charge in [-0.3, -0.25) is 0 Å². The molecule has 0 aliphatic rings. The van der Waals surface area contributed by atoms with Crippen molar-refractivity contribution >= 4 is 23.2 Å². The predicted molar refractivity (Wildman–Crippen MR) is 79.8 cm³/mol. The Labute approximate surface area is 119 Å². The number of hydrogen-bond acceptors (Lipinski definition) is 0. The van der Waals surface area contributed by atoms with Crippen molar-refractivity contribution in [3.8, 4) is 0 Å². The SMILES string of the molecule is Cc1ccc(C(Cl)c2cc(Cl)ccc2C)c(C)c1. The number of alkyl halides is 1. The molecule has 2 aromatic carbocycles. The highest BCUT2D eigenvalue weighted by Gasteiger charge is 2.15. The summed E-state index contributed by atoms with van der Waals surface area (Å²) in [6.45, 7) is 6.24. The van der Waals surface area contributed by atoms with Crippen molar-refractivity contribution in [2.45, 2.75) is 26.1 Å². The van der Waals surface area contributed by atoms with E-state index in [2.05, 4.69) is 39.0 Å². The molecule has 0 saturated carbocycles. The molecule has 0 nitrogen and oxygen atoms in total. The highest BCUT2D eigenvalue weighted by atomic mass is 35.5. The first kappa shape index (κ1) is 13.5. The molecule has 0 radical (unpaired) electrons. The smallest absolute Gasteiger partial charge is 0.0841 e. The van der Waals surface area contributed by atoms with E-state index in [0.717, 1.165) is 16.1 Å². The van der Waals surface area contributed by atoms with Crippen LogP contribution in [-0.4, -0.2) is 0 Å². The van der Waals surface area contributed by atoms with E-state index >= 15 is 0 Å². The van der Waals surface area contributed by atoms with Crippen LogP contribution >= 0.6 is 23.2 Å². The third kappa shape index (κ3) is 2.71. The quantitative estimate of drug-likeness (QED) is 0.628. The Balaban J connectivity index is 2.47. The van der Waals surface area contributed by atoms with Crippen molar-refractivity contribution in [3.05, 3.63) is 69.2 Å². The van der Waals surface area contributed by atoms with Gasteiger partial charge < -0.3 is 0 Å². The van der Waals surface area contributed by atoms with Crippen molar-refractivity contribution < 1.29 is 0 Å². The van der Waals surface area contributed by atoms with Gasteiger partial charge in [0.15, 0.2) is 0 Å². The maximum Gasteiger partial charge on any atom is 0.0841 e. The topological polar surface area (TPSA) is 0 Å². The van der Waals surface area contributed by atoms with E-state index in [4.69, 9.17) is 23.2 Å². The Morgan fingerprint density at radius 3 is 2.22 bits per heavy atom. The van der Waals surface area contributed by atoms with Crippen molar-refractivity contribution in [2.75, 3.05) is 0 Å². The van der Waals surface area contributed by atoms with E-state index in [0.29, 0.717) is 0 Å². The fourth-order valence-corrected chi connectivity index (χ4v) is 2.82. The molecular formula is C16H16Cl2. The van der Waals surface area contributed by atoms with Crippen LogP contribution in [0.15, 0.2) is 36.4 Å². The number of benzene rings is 2. The van der Waals surface area contributed by atoms with Gasteiger partial charge in [-0.1, -0.05) is 41.4 Å². The van der Waals surface area contributed by atoms with Crippen LogP contribution < -0.4 is 0 Å². The molecule has 0 saturated heterocycles. The molecule has 1 unspecified atom stereocenters. The summed E-state index contributed by atoms with van der Waals surface area (Å²) in [5.41, 5.74) is 5.86. The van der Waals surface area contributed by atoms with E-state index in [1.165, 1.54) is 16.7 Å². The number of rotatable bonds is 2. The lowest BCUT2D eigenvalue weighted by Crippen LogP contribution is -1.99. The van der Waals surface area contributed by atoms with Crippen LogP contribution in [0, 0.1) is 20.8 Å². The van der Waals surface area contributed by atoms with Gasteiger partial charge in [0.1, 0.15) is 0 Å². The molecule has 1 atom stereocenters. The minimum Gasteiger partial charge on any atom is -0.113 e. The molecule has 2 aromatic rings. The maximum atomic E-state index is 6.61. The van der Waals surface area contributed by atoms with Gasteiger partial charge in [-0.15, -0.1) is 11.6 Å². The van der Waals surface area contributed by atoms with E-state index in [9.17, 15) is 0 Å². The van der Waals surface area contributed by atoms with Crippen molar-refractivity contribution in [1.29, 1.82) is 0 Å². The van der Waals surface area contributed by atoms with Gasteiger partial charge in [0.05, 0.1) is 5.38 Å². The second-order valence-electron chi connectivity index (χ2n) is 4.72. The Hall–Kier alpha value is -0.980. The van der Waals surface area contributed by atoms with Gasteiger partial charge in [-0.05, 0) is 55.2 Å². The molecule has 2 heteroatoms. The molecule has 0 heterocycles. The zero-order chi connectivity index (χ0) is 13.3. The van der Waals surface area contributed by atoms with Gasteiger partial charge in [0, 0.05) is 5.02 Å². The molecule has 0 amide bonds. The van der Waals surface area contributed by atoms with Crippen LogP contribution in [0.3, 0.4) is 0 Å². The number of aryl methyl sites for hydroxylation is 3. The van der Waals surface area contributed by atoms with Crippen LogP contribution in [0.25, 0.3) is 0 Å². The number of halogens is 2. The van der Waals surface area contributed by atoms with Crippen LogP contribution in [-0.2, 0) is 0 Å². The third-order valence-corrected chi connectivity index (χ3v) is 3.92. The van der Waals surface area contributed by atoms with Crippen LogP contribution in [0.4, 0.5) is 0 Å². The van der Waals surface area contributed by atoms with Gasteiger partial charge >= 0.3 is 0 Å². The van der Waals surface area contributed by atoms with E-state index < -0.39 is 0 Å². The van der Waals surface area contributed by atoms with Crippen molar-refractivity contribution in [3.63, 3.8) is 0 Å². The summed E-state index contributed by atoms with van der Waals surface area (Å²) in [5.74, 6) is 0. The summed E-state index contributed by atoms with van der Waals surface area (Å²) in [4.78, 5) is 0. The molecule has 0 aliphatic carbocycles. The first-order valence-electron chi connectivity index (χ1n) is 5.96. The van der Waals surface area contributed by atoms with Gasteiger partial charge in [0.25, 0.3) is 0 Å². The fraction of sp³-hybridized carbons (Fsp3) is 0.250. The Morgan fingerprint density at radius 2 is 1.56 bits per heavy atom. The average molecular weight is 279 g/mol. The second-order valence-corrected chi connectivity index (χ2v) is 5.60. The van der Waals surface area contributed by atoms with E-state index in [-0.39, 0.29) is 5.38 Å². The first-order valence-corrected chi connectivity index (χ1v) is 6.78. The molecule has 0 fully saturated rings. The third-order valence-electron chi connectivity index (χ3n) is 3.21. The maximum absolute atomic E-state index is 6.61. The number of hydrogen-bond donors (Lipinski definition) is 0. The molecular weight excluding hydrogens is 263 g/mol. The Bertz CT molecular complexity index is 573. The largest absolute Gasteiger partial charge is 0.113 e. The summed E-state index contributed by atoms with van der Waals surface area (Å²) in [5, 5.41) is 0.579. The zero-order valence-electron chi connectivity index (χ0n) is 10.8. The van der Waals surface area contributed by atoms with Gasteiger partial charge in [-0.2, -0.15) is 0 Å². The molecule has 0 spiro atoms. The van der Waals surface area contributed by atoms with Crippen molar-refractivity contribution in [2.24, 2.45) is 0 Å². The zero-order valence-corrected chi connectivity index (χ0v) is 12.3. The summed E-state index contributed by atoms with van der Waals surface area (Å²) in [6.07, 6.45) is 0. The molecule has 2 rings (SSSR count). The second kappa shape index (κ2) is 5.34. The minimum atomic E-state index is -0.149. The summed E-state index contributed by atoms with van der Waals surface area (Å²) < 4.78 is 0. The Morgan fingerprint density at radius 1 is 0.833 bits per heavy atom. The van der Waals surface area contributed by atoms with Gasteiger partial charge in [0.2, 0.25) is 0 Å². The fourth-order valence-electron chi connectivity index (χ4n) is 2.16. The lowest BCUT2D eigenvalue weighted by atomic mass is 9.96. The monoisotopic (exact) mass is 278 g/mol.